The molecule has 1 aromatic carbocycles. The van der Waals surface area contributed by atoms with Crippen LogP contribution in [0, 0.1) is 0 Å². The Morgan fingerprint density at radius 1 is 1.29 bits per heavy atom. The first-order chi connectivity index (χ1) is 8.20. The van der Waals surface area contributed by atoms with Crippen molar-refractivity contribution in [3.8, 4) is 0 Å². The number of halogens is 1. The maximum Gasteiger partial charge on any atom is 0.0988 e. The molecular weight excluding hydrogens is 238 g/mol. The summed E-state index contributed by atoms with van der Waals surface area (Å²) >= 11 is 5.82. The Balaban J connectivity index is 1.80. The molecule has 0 heterocycles. The van der Waals surface area contributed by atoms with Gasteiger partial charge in [-0.3, -0.25) is 0 Å². The average molecular weight is 256 g/mol. The van der Waals surface area contributed by atoms with Crippen LogP contribution in [0.4, 0.5) is 0 Å². The molecule has 3 unspecified atom stereocenters. The molecule has 1 fully saturated rings. The number of nitrogens with two attached hydrogens (primary N) is 1. The molecule has 1 aromatic rings. The van der Waals surface area contributed by atoms with Gasteiger partial charge in [-0.1, -0.05) is 23.7 Å². The summed E-state index contributed by atoms with van der Waals surface area (Å²) in [6.07, 6.45) is 1.05. The molecule has 0 aliphatic heterocycles. The van der Waals surface area contributed by atoms with Crippen molar-refractivity contribution in [2.75, 3.05) is 6.61 Å². The third-order valence-corrected chi connectivity index (χ3v) is 3.28. The quantitative estimate of drug-likeness (QED) is 0.879. The van der Waals surface area contributed by atoms with Gasteiger partial charge in [-0.15, -0.1) is 0 Å². The largest absolute Gasteiger partial charge is 0.374 e. The summed E-state index contributed by atoms with van der Waals surface area (Å²) in [7, 11) is 0. The molecule has 3 atom stereocenters. The molecule has 0 aromatic heterocycles. The molecular formula is C13H18ClNO2. The highest BCUT2D eigenvalue weighted by atomic mass is 35.5. The molecule has 3 nitrogen and oxygen atoms in total. The first-order valence-corrected chi connectivity index (χ1v) is 6.31. The lowest BCUT2D eigenvalue weighted by Crippen LogP contribution is -2.58. The van der Waals surface area contributed by atoms with E-state index in [-0.39, 0.29) is 18.2 Å². The summed E-state index contributed by atoms with van der Waals surface area (Å²) in [5.41, 5.74) is 6.98. The second kappa shape index (κ2) is 5.83. The van der Waals surface area contributed by atoms with Crippen LogP contribution in [0.25, 0.3) is 0 Å². The summed E-state index contributed by atoms with van der Waals surface area (Å²) in [4.78, 5) is 0. The number of benzene rings is 1. The molecule has 1 aliphatic rings. The minimum absolute atomic E-state index is 0.0484. The Morgan fingerprint density at radius 3 is 2.59 bits per heavy atom. The first-order valence-electron chi connectivity index (χ1n) is 5.94. The van der Waals surface area contributed by atoms with E-state index in [1.54, 1.807) is 0 Å². The number of ether oxygens (including phenoxy) is 2. The van der Waals surface area contributed by atoms with E-state index in [0.29, 0.717) is 13.2 Å². The SMILES string of the molecule is CCOC1C(N)CC1OCc1ccc(Cl)cc1. The molecule has 0 radical (unpaired) electrons. The normalized spacial score (nSPS) is 27.8. The zero-order valence-electron chi connectivity index (χ0n) is 9.93. The maximum atomic E-state index is 5.87. The fourth-order valence-electron chi connectivity index (χ4n) is 1.99. The molecule has 1 aliphatic carbocycles. The van der Waals surface area contributed by atoms with Gasteiger partial charge in [0.05, 0.1) is 18.8 Å². The predicted molar refractivity (Wildman–Crippen MR) is 68.0 cm³/mol. The van der Waals surface area contributed by atoms with Crippen LogP contribution in [0.3, 0.4) is 0 Å². The Kier molecular flexibility index (Phi) is 4.40. The lowest BCUT2D eigenvalue weighted by Gasteiger charge is -2.41. The van der Waals surface area contributed by atoms with Crippen LogP contribution in [0.15, 0.2) is 24.3 Å². The monoisotopic (exact) mass is 255 g/mol. The molecule has 94 valence electrons. The van der Waals surface area contributed by atoms with Crippen molar-refractivity contribution in [2.45, 2.75) is 38.2 Å². The highest BCUT2D eigenvalue weighted by Gasteiger charge is 2.40. The Labute approximate surface area is 107 Å². The van der Waals surface area contributed by atoms with Crippen molar-refractivity contribution < 1.29 is 9.47 Å². The molecule has 0 spiro atoms. The predicted octanol–water partition coefficient (Wildman–Crippen LogP) is 2.36. The van der Waals surface area contributed by atoms with Crippen LogP contribution in [-0.2, 0) is 16.1 Å². The molecule has 0 bridgehead atoms. The Morgan fingerprint density at radius 2 is 2.00 bits per heavy atom. The summed E-state index contributed by atoms with van der Waals surface area (Å²) in [6.45, 7) is 3.23. The van der Waals surface area contributed by atoms with Crippen molar-refractivity contribution >= 4 is 11.6 Å². The molecule has 2 N–H and O–H groups in total. The van der Waals surface area contributed by atoms with E-state index < -0.39 is 0 Å². The second-order valence-electron chi connectivity index (χ2n) is 4.30. The van der Waals surface area contributed by atoms with Gasteiger partial charge in [-0.25, -0.2) is 0 Å². The molecule has 0 amide bonds. The van der Waals surface area contributed by atoms with E-state index in [9.17, 15) is 0 Å². The summed E-state index contributed by atoms with van der Waals surface area (Å²) in [5, 5.41) is 0.742. The van der Waals surface area contributed by atoms with Gasteiger partial charge in [-0.05, 0) is 31.0 Å². The van der Waals surface area contributed by atoms with E-state index in [4.69, 9.17) is 26.8 Å². The van der Waals surface area contributed by atoms with Gasteiger partial charge in [0.15, 0.2) is 0 Å². The van der Waals surface area contributed by atoms with Gasteiger partial charge in [0, 0.05) is 17.7 Å². The molecule has 17 heavy (non-hydrogen) atoms. The third-order valence-electron chi connectivity index (χ3n) is 3.03. The van der Waals surface area contributed by atoms with Crippen LogP contribution in [0.5, 0.6) is 0 Å². The highest BCUT2D eigenvalue weighted by molar-refractivity contribution is 6.30. The average Bonchev–Trinajstić information content (AvgIpc) is 2.33. The standard InChI is InChI=1S/C13H18ClNO2/c1-2-16-13-11(15)7-12(13)17-8-9-3-5-10(14)6-4-9/h3-6,11-13H,2,7-8,15H2,1H3. The lowest BCUT2D eigenvalue weighted by atomic mass is 9.86. The van der Waals surface area contributed by atoms with E-state index in [2.05, 4.69) is 0 Å². The van der Waals surface area contributed by atoms with E-state index in [1.165, 1.54) is 0 Å². The van der Waals surface area contributed by atoms with Crippen LogP contribution in [0.2, 0.25) is 5.02 Å². The first kappa shape index (κ1) is 12.8. The van der Waals surface area contributed by atoms with E-state index >= 15 is 0 Å². The number of hydrogen-bond acceptors (Lipinski definition) is 3. The van der Waals surface area contributed by atoms with Gasteiger partial charge in [0.2, 0.25) is 0 Å². The van der Waals surface area contributed by atoms with Gasteiger partial charge < -0.3 is 15.2 Å². The zero-order valence-corrected chi connectivity index (χ0v) is 10.7. The lowest BCUT2D eigenvalue weighted by molar-refractivity contribution is -0.142. The van der Waals surface area contributed by atoms with Gasteiger partial charge in [0.25, 0.3) is 0 Å². The van der Waals surface area contributed by atoms with Gasteiger partial charge in [0.1, 0.15) is 0 Å². The highest BCUT2D eigenvalue weighted by Crippen LogP contribution is 2.26. The van der Waals surface area contributed by atoms with Crippen molar-refractivity contribution in [1.29, 1.82) is 0 Å². The molecule has 2 rings (SSSR count). The Hall–Kier alpha value is -0.610. The molecule has 4 heteroatoms. The van der Waals surface area contributed by atoms with Crippen LogP contribution in [-0.4, -0.2) is 24.9 Å². The second-order valence-corrected chi connectivity index (χ2v) is 4.73. The van der Waals surface area contributed by atoms with Crippen molar-refractivity contribution in [3.05, 3.63) is 34.9 Å². The van der Waals surface area contributed by atoms with Gasteiger partial charge >= 0.3 is 0 Å². The fraction of sp³-hybridized carbons (Fsp3) is 0.538. The minimum atomic E-state index is 0.0484. The number of rotatable bonds is 5. The summed E-state index contributed by atoms with van der Waals surface area (Å²) in [5.74, 6) is 0. The molecule has 1 saturated carbocycles. The third kappa shape index (κ3) is 3.19. The van der Waals surface area contributed by atoms with Gasteiger partial charge in [-0.2, -0.15) is 0 Å². The van der Waals surface area contributed by atoms with Crippen molar-refractivity contribution in [1.82, 2.24) is 0 Å². The van der Waals surface area contributed by atoms with E-state index in [0.717, 1.165) is 17.0 Å². The van der Waals surface area contributed by atoms with E-state index in [1.807, 2.05) is 31.2 Å². The van der Waals surface area contributed by atoms with Crippen LogP contribution in [0.1, 0.15) is 18.9 Å². The minimum Gasteiger partial charge on any atom is -0.374 e. The topological polar surface area (TPSA) is 44.5 Å². The fourth-order valence-corrected chi connectivity index (χ4v) is 2.11. The maximum absolute atomic E-state index is 5.87. The smallest absolute Gasteiger partial charge is 0.0988 e. The summed E-state index contributed by atoms with van der Waals surface area (Å²) in [6, 6.07) is 7.79. The van der Waals surface area contributed by atoms with Crippen LogP contribution < -0.4 is 5.73 Å². The van der Waals surface area contributed by atoms with Crippen molar-refractivity contribution in [2.24, 2.45) is 5.73 Å². The number of hydrogen-bond donors (Lipinski definition) is 1. The molecule has 0 saturated heterocycles. The van der Waals surface area contributed by atoms with Crippen LogP contribution >= 0.6 is 11.6 Å². The summed E-state index contributed by atoms with van der Waals surface area (Å²) < 4.78 is 11.3. The Bertz CT molecular complexity index is 355. The van der Waals surface area contributed by atoms with Crippen molar-refractivity contribution in [3.63, 3.8) is 0 Å². The zero-order chi connectivity index (χ0) is 12.3.